The Morgan fingerprint density at radius 2 is 1.81 bits per heavy atom. The first kappa shape index (κ1) is 25.1. The van der Waals surface area contributed by atoms with E-state index >= 15 is 0 Å². The van der Waals surface area contributed by atoms with Crippen molar-refractivity contribution in [3.8, 4) is 0 Å². The summed E-state index contributed by atoms with van der Waals surface area (Å²) in [5.41, 5.74) is 1.54. The first-order valence-electron chi connectivity index (χ1n) is 11.9. The van der Waals surface area contributed by atoms with Gasteiger partial charge in [-0.25, -0.2) is 9.79 Å². The van der Waals surface area contributed by atoms with Crippen LogP contribution >= 0.6 is 11.8 Å². The van der Waals surface area contributed by atoms with Crippen LogP contribution in [0, 0.1) is 0 Å². The van der Waals surface area contributed by atoms with Gasteiger partial charge in [0.25, 0.3) is 0 Å². The molecule has 1 saturated carbocycles. The van der Waals surface area contributed by atoms with E-state index in [1.807, 2.05) is 30.3 Å². The third-order valence-electron chi connectivity index (χ3n) is 6.19. The maximum absolute atomic E-state index is 13.4. The summed E-state index contributed by atoms with van der Waals surface area (Å²) in [6.07, 6.45) is -2.56. The average Bonchev–Trinajstić information content (AvgIpc) is 3.61. The number of nitrogens with one attached hydrogen (secondary N) is 1. The topological polar surface area (TPSA) is 71.0 Å². The van der Waals surface area contributed by atoms with Crippen LogP contribution in [0.4, 0.5) is 13.2 Å². The summed E-state index contributed by atoms with van der Waals surface area (Å²) in [6, 6.07) is 13.2. The summed E-state index contributed by atoms with van der Waals surface area (Å²) >= 11 is 1.31. The quantitative estimate of drug-likeness (QED) is 0.472. The van der Waals surface area contributed by atoms with Gasteiger partial charge in [0, 0.05) is 17.3 Å². The lowest BCUT2D eigenvalue weighted by Crippen LogP contribution is -2.38. The second-order valence-electron chi connectivity index (χ2n) is 8.88. The average molecular weight is 528 g/mol. The summed E-state index contributed by atoms with van der Waals surface area (Å²) in [6.45, 7) is 1.80. The zero-order valence-corrected chi connectivity index (χ0v) is 20.7. The van der Waals surface area contributed by atoms with Crippen molar-refractivity contribution in [3.63, 3.8) is 0 Å². The molecule has 6 nitrogen and oxygen atoms in total. The molecule has 0 aromatic heterocycles. The SMILES string of the molecule is CCOC(=O)C1=C(c2ccccc2)N=C2SC=C(CC(=O)NC3CC3)N2[C@H]1c1ccc(C(F)(F)F)cc1. The molecule has 0 radical (unpaired) electrons. The van der Waals surface area contributed by atoms with Crippen molar-refractivity contribution in [1.29, 1.82) is 0 Å². The van der Waals surface area contributed by atoms with Crippen LogP contribution in [0.2, 0.25) is 0 Å². The van der Waals surface area contributed by atoms with E-state index in [1.165, 1.54) is 23.9 Å². The number of fused-ring (bicyclic) bond motifs is 1. The Kier molecular flexibility index (Phi) is 6.85. The van der Waals surface area contributed by atoms with Crippen molar-refractivity contribution in [2.24, 2.45) is 4.99 Å². The molecule has 192 valence electrons. The van der Waals surface area contributed by atoms with E-state index in [9.17, 15) is 22.8 Å². The maximum atomic E-state index is 13.4. The Morgan fingerprint density at radius 1 is 1.11 bits per heavy atom. The lowest BCUT2D eigenvalue weighted by atomic mass is 9.91. The second-order valence-corrected chi connectivity index (χ2v) is 9.72. The number of thioether (sulfide) groups is 1. The molecule has 0 bridgehead atoms. The normalized spacial score (nSPS) is 19.2. The highest BCUT2D eigenvalue weighted by Crippen LogP contribution is 2.47. The Balaban J connectivity index is 1.63. The van der Waals surface area contributed by atoms with E-state index in [-0.39, 0.29) is 30.5 Å². The Morgan fingerprint density at radius 3 is 2.43 bits per heavy atom. The van der Waals surface area contributed by atoms with Crippen LogP contribution in [0.15, 0.2) is 76.3 Å². The van der Waals surface area contributed by atoms with Crippen LogP contribution in [0.3, 0.4) is 0 Å². The van der Waals surface area contributed by atoms with E-state index in [4.69, 9.17) is 9.73 Å². The number of rotatable bonds is 7. The van der Waals surface area contributed by atoms with Gasteiger partial charge in [-0.15, -0.1) is 0 Å². The van der Waals surface area contributed by atoms with Gasteiger partial charge < -0.3 is 15.0 Å². The highest BCUT2D eigenvalue weighted by molar-refractivity contribution is 8.16. The molecule has 2 aromatic rings. The molecule has 1 atom stereocenters. The predicted molar refractivity (Wildman–Crippen MR) is 135 cm³/mol. The molecule has 0 saturated heterocycles. The fourth-order valence-electron chi connectivity index (χ4n) is 4.33. The van der Waals surface area contributed by atoms with Crippen LogP contribution < -0.4 is 5.32 Å². The smallest absolute Gasteiger partial charge is 0.416 e. The predicted octanol–water partition coefficient (Wildman–Crippen LogP) is 5.65. The van der Waals surface area contributed by atoms with Gasteiger partial charge in [0.1, 0.15) is 0 Å². The van der Waals surface area contributed by atoms with Gasteiger partial charge >= 0.3 is 12.1 Å². The molecule has 3 aliphatic rings. The second kappa shape index (κ2) is 10.1. The number of halogens is 3. The molecule has 0 unspecified atom stereocenters. The molecule has 1 aliphatic carbocycles. The van der Waals surface area contributed by atoms with E-state index < -0.39 is 23.8 Å². The van der Waals surface area contributed by atoms with E-state index in [1.54, 1.807) is 17.2 Å². The Hall–Kier alpha value is -3.53. The number of nitrogens with zero attached hydrogens (tertiary/aromatic N) is 2. The number of alkyl halides is 3. The number of ether oxygens (including phenoxy) is 1. The summed E-state index contributed by atoms with van der Waals surface area (Å²) in [4.78, 5) is 32.6. The summed E-state index contributed by atoms with van der Waals surface area (Å²) in [5, 5.41) is 5.30. The van der Waals surface area contributed by atoms with Crippen molar-refractivity contribution < 1.29 is 27.5 Å². The molecular formula is C27H24F3N3O3S. The fraction of sp³-hybridized carbons (Fsp3) is 0.296. The molecule has 37 heavy (non-hydrogen) atoms. The van der Waals surface area contributed by atoms with Gasteiger partial charge in [0.2, 0.25) is 5.91 Å². The van der Waals surface area contributed by atoms with Crippen LogP contribution in [0.25, 0.3) is 5.70 Å². The van der Waals surface area contributed by atoms with Gasteiger partial charge in [0.15, 0.2) is 5.17 Å². The van der Waals surface area contributed by atoms with Crippen molar-refractivity contribution in [1.82, 2.24) is 10.2 Å². The molecule has 1 amide bonds. The minimum absolute atomic E-state index is 0.0520. The number of amidine groups is 1. The van der Waals surface area contributed by atoms with E-state index in [0.29, 0.717) is 27.7 Å². The lowest BCUT2D eigenvalue weighted by molar-refractivity contribution is -0.139. The summed E-state index contributed by atoms with van der Waals surface area (Å²) in [5.74, 6) is -0.773. The van der Waals surface area contributed by atoms with Gasteiger partial charge in [-0.3, -0.25) is 4.79 Å². The van der Waals surface area contributed by atoms with Gasteiger partial charge in [0.05, 0.1) is 35.9 Å². The van der Waals surface area contributed by atoms with Crippen molar-refractivity contribution in [2.45, 2.75) is 44.4 Å². The van der Waals surface area contributed by atoms with Gasteiger partial charge in [-0.1, -0.05) is 54.2 Å². The highest BCUT2D eigenvalue weighted by atomic mass is 32.2. The minimum atomic E-state index is -4.50. The number of amides is 1. The van der Waals surface area contributed by atoms with Gasteiger partial charge in [-0.2, -0.15) is 13.2 Å². The lowest BCUT2D eigenvalue weighted by Gasteiger charge is -2.37. The molecule has 2 heterocycles. The van der Waals surface area contributed by atoms with Crippen LogP contribution in [-0.2, 0) is 20.5 Å². The number of carbonyl (C=O) groups excluding carboxylic acids is 2. The molecule has 5 rings (SSSR count). The fourth-order valence-corrected chi connectivity index (χ4v) is 5.25. The number of aliphatic imine (C=N–C) groups is 1. The van der Waals surface area contributed by atoms with Crippen molar-refractivity contribution >= 4 is 34.5 Å². The zero-order valence-electron chi connectivity index (χ0n) is 19.9. The third kappa shape index (κ3) is 5.29. The molecule has 2 aliphatic heterocycles. The number of esters is 1. The van der Waals surface area contributed by atoms with Crippen LogP contribution in [0.5, 0.6) is 0 Å². The summed E-state index contributed by atoms with van der Waals surface area (Å²) < 4.78 is 45.3. The largest absolute Gasteiger partial charge is 0.463 e. The van der Waals surface area contributed by atoms with Crippen molar-refractivity contribution in [2.75, 3.05) is 6.61 Å². The summed E-state index contributed by atoms with van der Waals surface area (Å²) in [7, 11) is 0. The molecule has 2 aromatic carbocycles. The Labute approximate surface area is 216 Å². The molecule has 1 fully saturated rings. The minimum Gasteiger partial charge on any atom is -0.463 e. The van der Waals surface area contributed by atoms with E-state index in [2.05, 4.69) is 5.32 Å². The Bertz CT molecular complexity index is 1300. The first-order chi connectivity index (χ1) is 17.8. The number of hydrogen-bond donors (Lipinski definition) is 1. The van der Waals surface area contributed by atoms with Crippen molar-refractivity contribution in [3.05, 3.63) is 88.0 Å². The maximum Gasteiger partial charge on any atom is 0.416 e. The highest BCUT2D eigenvalue weighted by Gasteiger charge is 2.43. The first-order valence-corrected chi connectivity index (χ1v) is 12.8. The van der Waals surface area contributed by atoms with Crippen LogP contribution in [-0.4, -0.2) is 34.6 Å². The molecule has 1 N–H and O–H groups in total. The molecule has 0 spiro atoms. The molecule has 10 heteroatoms. The number of benzene rings is 2. The standard InChI is InChI=1S/C27H24F3N3O3S/c1-2-36-25(35)22-23(16-6-4-3-5-7-16)32-26-33(20(15-37-26)14-21(34)31-19-12-13-19)24(22)17-8-10-18(11-9-17)27(28,29)30/h3-11,15,19,24H,2,12-14H2,1H3,(H,31,34)/t24-/m0/s1. The monoisotopic (exact) mass is 527 g/mol. The number of hydrogen-bond acceptors (Lipinski definition) is 6. The van der Waals surface area contributed by atoms with Gasteiger partial charge in [-0.05, 0) is 42.9 Å². The third-order valence-corrected chi connectivity index (χ3v) is 7.08. The molecular weight excluding hydrogens is 503 g/mol. The van der Waals surface area contributed by atoms with E-state index in [0.717, 1.165) is 25.0 Å². The number of carbonyl (C=O) groups is 2. The zero-order chi connectivity index (χ0) is 26.2. The van der Waals surface area contributed by atoms with Crippen LogP contribution in [0.1, 0.15) is 48.9 Å².